The van der Waals surface area contributed by atoms with E-state index in [2.05, 4.69) is 0 Å². The van der Waals surface area contributed by atoms with Crippen molar-refractivity contribution in [2.45, 2.75) is 5.88 Å². The van der Waals surface area contributed by atoms with Crippen LogP contribution in [0.5, 0.6) is 0 Å². The van der Waals surface area contributed by atoms with Gasteiger partial charge in [-0.15, -0.1) is 11.6 Å². The second-order valence-electron chi connectivity index (χ2n) is 1.33. The Kier molecular flexibility index (Phi) is 1.81. The van der Waals surface area contributed by atoms with Crippen molar-refractivity contribution < 1.29 is 4.42 Å². The largest absolute Gasteiger partial charge is 0.466 e. The highest BCUT2D eigenvalue weighted by Crippen LogP contribution is 2.17. The second kappa shape index (κ2) is 2.42. The molecule has 1 nitrogen and oxygen atoms in total. The molecule has 0 aliphatic carbocycles. The Hall–Kier alpha value is -0.140. The lowest BCUT2D eigenvalue weighted by Gasteiger charge is -1.83. The van der Waals surface area contributed by atoms with Crippen molar-refractivity contribution >= 4 is 23.2 Å². The summed E-state index contributed by atoms with van der Waals surface area (Å²) in [4.78, 5) is 0. The Morgan fingerprint density at radius 2 is 2.38 bits per heavy atom. The zero-order valence-corrected chi connectivity index (χ0v) is 5.54. The van der Waals surface area contributed by atoms with Gasteiger partial charge >= 0.3 is 0 Å². The SMILES string of the molecule is ClCc1occc1Cl. The summed E-state index contributed by atoms with van der Waals surface area (Å²) in [5.74, 6) is 0.972. The van der Waals surface area contributed by atoms with Crippen LogP contribution in [0.25, 0.3) is 0 Å². The van der Waals surface area contributed by atoms with Crippen LogP contribution in [-0.4, -0.2) is 0 Å². The van der Waals surface area contributed by atoms with E-state index in [9.17, 15) is 0 Å². The van der Waals surface area contributed by atoms with Crippen molar-refractivity contribution in [3.63, 3.8) is 0 Å². The number of hydrogen-bond acceptors (Lipinski definition) is 1. The summed E-state index contributed by atoms with van der Waals surface area (Å²) < 4.78 is 4.85. The van der Waals surface area contributed by atoms with Crippen molar-refractivity contribution in [2.24, 2.45) is 0 Å². The molecule has 1 rings (SSSR count). The van der Waals surface area contributed by atoms with Crippen LogP contribution in [-0.2, 0) is 5.88 Å². The lowest BCUT2D eigenvalue weighted by Crippen LogP contribution is -1.67. The van der Waals surface area contributed by atoms with Crippen LogP contribution in [0.2, 0.25) is 5.02 Å². The molecule has 44 valence electrons. The van der Waals surface area contributed by atoms with Crippen molar-refractivity contribution in [3.8, 4) is 0 Å². The number of furan rings is 1. The maximum atomic E-state index is 5.56. The van der Waals surface area contributed by atoms with Crippen LogP contribution in [0.4, 0.5) is 0 Å². The van der Waals surface area contributed by atoms with Crippen LogP contribution in [0.15, 0.2) is 16.7 Å². The summed E-state index contributed by atoms with van der Waals surface area (Å²) in [7, 11) is 0. The van der Waals surface area contributed by atoms with E-state index >= 15 is 0 Å². The van der Waals surface area contributed by atoms with Gasteiger partial charge in [-0.1, -0.05) is 11.6 Å². The zero-order valence-electron chi connectivity index (χ0n) is 4.03. The van der Waals surface area contributed by atoms with Gasteiger partial charge < -0.3 is 4.42 Å². The zero-order chi connectivity index (χ0) is 5.98. The van der Waals surface area contributed by atoms with E-state index in [1.165, 1.54) is 6.26 Å². The average Bonchev–Trinajstić information content (AvgIpc) is 2.14. The Bertz CT molecular complexity index is 171. The molecule has 0 aliphatic rings. The molecular weight excluding hydrogens is 147 g/mol. The van der Waals surface area contributed by atoms with E-state index in [0.717, 1.165) is 0 Å². The van der Waals surface area contributed by atoms with Gasteiger partial charge in [0.25, 0.3) is 0 Å². The number of halogens is 2. The first-order valence-electron chi connectivity index (χ1n) is 2.12. The Morgan fingerprint density at radius 3 is 2.62 bits per heavy atom. The van der Waals surface area contributed by atoms with E-state index in [1.807, 2.05) is 0 Å². The molecule has 0 atom stereocenters. The van der Waals surface area contributed by atoms with Gasteiger partial charge in [0, 0.05) is 0 Å². The van der Waals surface area contributed by atoms with Gasteiger partial charge in [0.15, 0.2) is 0 Å². The third-order valence-corrected chi connectivity index (χ3v) is 1.39. The first-order chi connectivity index (χ1) is 3.84. The highest BCUT2D eigenvalue weighted by Gasteiger charge is 1.98. The van der Waals surface area contributed by atoms with Gasteiger partial charge in [-0.3, -0.25) is 0 Å². The summed E-state index contributed by atoms with van der Waals surface area (Å²) in [5.41, 5.74) is 0. The fourth-order valence-corrected chi connectivity index (χ4v) is 0.859. The molecule has 0 bridgehead atoms. The minimum absolute atomic E-state index is 0.339. The molecule has 8 heavy (non-hydrogen) atoms. The minimum atomic E-state index is 0.339. The molecule has 0 fully saturated rings. The predicted octanol–water partition coefficient (Wildman–Crippen LogP) is 2.67. The Balaban J connectivity index is 2.92. The molecule has 0 saturated heterocycles. The van der Waals surface area contributed by atoms with Crippen LogP contribution in [0.1, 0.15) is 5.76 Å². The molecule has 0 spiro atoms. The fraction of sp³-hybridized carbons (Fsp3) is 0.200. The number of rotatable bonds is 1. The summed E-state index contributed by atoms with van der Waals surface area (Å²) in [6.07, 6.45) is 1.51. The molecular formula is C5H4Cl2O. The highest BCUT2D eigenvalue weighted by molar-refractivity contribution is 6.31. The van der Waals surface area contributed by atoms with Gasteiger partial charge in [-0.05, 0) is 6.07 Å². The summed E-state index contributed by atoms with van der Waals surface area (Å²) >= 11 is 11.0. The van der Waals surface area contributed by atoms with Gasteiger partial charge in [0.1, 0.15) is 5.76 Å². The van der Waals surface area contributed by atoms with Crippen LogP contribution < -0.4 is 0 Å². The van der Waals surface area contributed by atoms with Crippen molar-refractivity contribution in [1.29, 1.82) is 0 Å². The minimum Gasteiger partial charge on any atom is -0.466 e. The normalized spacial score (nSPS) is 9.75. The van der Waals surface area contributed by atoms with Gasteiger partial charge in [0.05, 0.1) is 17.2 Å². The molecule has 3 heteroatoms. The van der Waals surface area contributed by atoms with Crippen molar-refractivity contribution in [2.75, 3.05) is 0 Å². The quantitative estimate of drug-likeness (QED) is 0.562. The van der Waals surface area contributed by atoms with Crippen molar-refractivity contribution in [1.82, 2.24) is 0 Å². The molecule has 0 saturated carbocycles. The van der Waals surface area contributed by atoms with E-state index in [4.69, 9.17) is 27.6 Å². The maximum Gasteiger partial charge on any atom is 0.137 e. The molecule has 0 unspecified atom stereocenters. The fourth-order valence-electron chi connectivity index (χ4n) is 0.420. The maximum absolute atomic E-state index is 5.56. The summed E-state index contributed by atoms with van der Waals surface area (Å²) in [6.45, 7) is 0. The monoisotopic (exact) mass is 150 g/mol. The van der Waals surface area contributed by atoms with E-state index in [1.54, 1.807) is 6.07 Å². The second-order valence-corrected chi connectivity index (χ2v) is 2.00. The molecule has 1 heterocycles. The van der Waals surface area contributed by atoms with E-state index < -0.39 is 0 Å². The first-order valence-corrected chi connectivity index (χ1v) is 3.03. The Morgan fingerprint density at radius 1 is 1.62 bits per heavy atom. The van der Waals surface area contributed by atoms with Gasteiger partial charge in [-0.2, -0.15) is 0 Å². The number of hydrogen-bond donors (Lipinski definition) is 0. The van der Waals surface area contributed by atoms with E-state index in [-0.39, 0.29) is 0 Å². The topological polar surface area (TPSA) is 13.1 Å². The van der Waals surface area contributed by atoms with E-state index in [0.29, 0.717) is 16.7 Å². The highest BCUT2D eigenvalue weighted by atomic mass is 35.5. The summed E-state index contributed by atoms with van der Waals surface area (Å²) in [6, 6.07) is 1.67. The van der Waals surface area contributed by atoms with Gasteiger partial charge in [0.2, 0.25) is 0 Å². The first kappa shape index (κ1) is 5.99. The third-order valence-electron chi connectivity index (χ3n) is 0.812. The third kappa shape index (κ3) is 0.984. The van der Waals surface area contributed by atoms with Crippen LogP contribution >= 0.6 is 23.2 Å². The predicted molar refractivity (Wildman–Crippen MR) is 33.3 cm³/mol. The molecule has 1 aromatic heterocycles. The molecule has 0 aliphatic heterocycles. The lowest BCUT2D eigenvalue weighted by molar-refractivity contribution is 0.529. The number of alkyl halides is 1. The molecule has 1 aromatic rings. The van der Waals surface area contributed by atoms with Crippen LogP contribution in [0.3, 0.4) is 0 Å². The smallest absolute Gasteiger partial charge is 0.137 e. The Labute approximate surface area is 57.2 Å². The standard InChI is InChI=1S/C5H4Cl2O/c6-3-5-4(7)1-2-8-5/h1-2H,3H2. The van der Waals surface area contributed by atoms with Crippen LogP contribution in [0, 0.1) is 0 Å². The van der Waals surface area contributed by atoms with Gasteiger partial charge in [-0.25, -0.2) is 0 Å². The van der Waals surface area contributed by atoms with Crippen molar-refractivity contribution in [3.05, 3.63) is 23.1 Å². The molecule has 0 N–H and O–H groups in total. The average molecular weight is 151 g/mol. The molecule has 0 aromatic carbocycles. The summed E-state index contributed by atoms with van der Waals surface area (Å²) in [5, 5.41) is 0.597. The molecule has 0 radical (unpaired) electrons. The lowest BCUT2D eigenvalue weighted by atomic mass is 10.5. The molecule has 0 amide bonds.